The predicted octanol–water partition coefficient (Wildman–Crippen LogP) is 3.32. The molecule has 0 saturated heterocycles. The molecule has 1 aromatic carbocycles. The highest BCUT2D eigenvalue weighted by Gasteiger charge is 2.24. The van der Waals surface area contributed by atoms with Gasteiger partial charge in [-0.15, -0.1) is 0 Å². The fraction of sp³-hybridized carbons (Fsp3) is 0.571. The van der Waals surface area contributed by atoms with Crippen LogP contribution in [0.3, 0.4) is 0 Å². The van der Waals surface area contributed by atoms with E-state index in [0.717, 1.165) is 0 Å². The van der Waals surface area contributed by atoms with Gasteiger partial charge in [-0.1, -0.05) is 25.4 Å². The lowest BCUT2D eigenvalue weighted by Gasteiger charge is -2.26. The zero-order chi connectivity index (χ0) is 13.8. The van der Waals surface area contributed by atoms with Crippen LogP contribution in [-0.4, -0.2) is 22.4 Å². The molecule has 0 aromatic heterocycles. The predicted molar refractivity (Wildman–Crippen MR) is 73.1 cm³/mol. The lowest BCUT2D eigenvalue weighted by atomic mass is 9.99. The van der Waals surface area contributed by atoms with Crippen LogP contribution in [0.15, 0.2) is 18.2 Å². The van der Waals surface area contributed by atoms with Crippen LogP contribution >= 0.6 is 11.6 Å². The molecule has 0 radical (unpaired) electrons. The number of halogens is 1. The number of hydrogen-bond acceptors (Lipinski definition) is 3. The van der Waals surface area contributed by atoms with Crippen LogP contribution in [0.2, 0.25) is 5.02 Å². The molecule has 0 amide bonds. The van der Waals surface area contributed by atoms with Gasteiger partial charge in [-0.3, -0.25) is 0 Å². The van der Waals surface area contributed by atoms with Crippen molar-refractivity contribution >= 4 is 11.6 Å². The lowest BCUT2D eigenvalue weighted by molar-refractivity contribution is -0.0121. The molecule has 1 aromatic rings. The minimum atomic E-state index is -0.824. The van der Waals surface area contributed by atoms with Gasteiger partial charge in [-0.25, -0.2) is 0 Å². The van der Waals surface area contributed by atoms with Gasteiger partial charge in [0.05, 0.1) is 11.7 Å². The van der Waals surface area contributed by atoms with Gasteiger partial charge in [-0.2, -0.15) is 0 Å². The van der Waals surface area contributed by atoms with E-state index >= 15 is 0 Å². The second-order valence-corrected chi connectivity index (χ2v) is 5.01. The van der Waals surface area contributed by atoms with E-state index in [1.54, 1.807) is 25.1 Å². The molecule has 1 atom stereocenters. The SMILES string of the molecule is CCC(O)(CC)COc1ccc(Cl)cc1C(C)O. The number of ether oxygens (including phenoxy) is 1. The van der Waals surface area contributed by atoms with Crippen molar-refractivity contribution in [3.8, 4) is 5.75 Å². The molecule has 0 saturated carbocycles. The summed E-state index contributed by atoms with van der Waals surface area (Å²) >= 11 is 5.89. The molecule has 0 aliphatic carbocycles. The third-order valence-electron chi connectivity index (χ3n) is 3.23. The highest BCUT2D eigenvalue weighted by Crippen LogP contribution is 2.29. The summed E-state index contributed by atoms with van der Waals surface area (Å²) in [6.45, 7) is 5.71. The molecule has 3 nitrogen and oxygen atoms in total. The van der Waals surface area contributed by atoms with Crippen LogP contribution in [0, 0.1) is 0 Å². The van der Waals surface area contributed by atoms with Crippen LogP contribution in [0.1, 0.15) is 45.3 Å². The highest BCUT2D eigenvalue weighted by molar-refractivity contribution is 6.30. The second kappa shape index (κ2) is 6.41. The molecule has 0 bridgehead atoms. The van der Waals surface area contributed by atoms with Crippen molar-refractivity contribution < 1.29 is 14.9 Å². The molecule has 1 unspecified atom stereocenters. The van der Waals surface area contributed by atoms with E-state index in [1.807, 2.05) is 13.8 Å². The van der Waals surface area contributed by atoms with Crippen LogP contribution in [0.4, 0.5) is 0 Å². The molecule has 0 fully saturated rings. The van der Waals surface area contributed by atoms with E-state index in [-0.39, 0.29) is 6.61 Å². The third-order valence-corrected chi connectivity index (χ3v) is 3.47. The standard InChI is InChI=1S/C14H21ClO3/c1-4-14(17,5-2)9-18-13-7-6-11(15)8-12(13)10(3)16/h6-8,10,16-17H,4-5,9H2,1-3H3. The van der Waals surface area contributed by atoms with Gasteiger partial charge in [0.15, 0.2) is 0 Å². The van der Waals surface area contributed by atoms with Gasteiger partial charge >= 0.3 is 0 Å². The molecule has 18 heavy (non-hydrogen) atoms. The number of hydrogen-bond donors (Lipinski definition) is 2. The minimum Gasteiger partial charge on any atom is -0.490 e. The van der Waals surface area contributed by atoms with Crippen molar-refractivity contribution in [2.45, 2.75) is 45.3 Å². The summed E-state index contributed by atoms with van der Waals surface area (Å²) in [5, 5.41) is 20.4. The molecule has 102 valence electrons. The Morgan fingerprint density at radius 2 is 1.94 bits per heavy atom. The normalized spacial score (nSPS) is 13.4. The molecule has 0 aliphatic rings. The Bertz CT molecular complexity index is 387. The first kappa shape index (κ1) is 15.3. The van der Waals surface area contributed by atoms with E-state index in [2.05, 4.69) is 0 Å². The van der Waals surface area contributed by atoms with E-state index in [9.17, 15) is 10.2 Å². The summed E-state index contributed by atoms with van der Waals surface area (Å²) < 4.78 is 5.63. The number of benzene rings is 1. The first-order valence-electron chi connectivity index (χ1n) is 6.24. The summed E-state index contributed by atoms with van der Waals surface area (Å²) in [4.78, 5) is 0. The van der Waals surface area contributed by atoms with Gasteiger partial charge < -0.3 is 14.9 Å². The van der Waals surface area contributed by atoms with E-state index < -0.39 is 11.7 Å². The van der Waals surface area contributed by atoms with Crippen molar-refractivity contribution in [1.29, 1.82) is 0 Å². The third kappa shape index (κ3) is 3.87. The molecule has 0 spiro atoms. The average Bonchev–Trinajstić information content (AvgIpc) is 2.36. The molecule has 2 N–H and O–H groups in total. The Kier molecular flexibility index (Phi) is 5.45. The maximum absolute atomic E-state index is 10.2. The Labute approximate surface area is 113 Å². The topological polar surface area (TPSA) is 49.7 Å². The fourth-order valence-corrected chi connectivity index (χ4v) is 1.82. The summed E-state index contributed by atoms with van der Waals surface area (Å²) in [6.07, 6.45) is 0.595. The van der Waals surface area contributed by atoms with E-state index in [4.69, 9.17) is 16.3 Å². The van der Waals surface area contributed by atoms with Gasteiger partial charge in [0.2, 0.25) is 0 Å². The summed E-state index contributed by atoms with van der Waals surface area (Å²) in [5.41, 5.74) is -0.188. The largest absolute Gasteiger partial charge is 0.490 e. The highest BCUT2D eigenvalue weighted by atomic mass is 35.5. The Morgan fingerprint density at radius 3 is 2.44 bits per heavy atom. The van der Waals surface area contributed by atoms with Crippen molar-refractivity contribution in [1.82, 2.24) is 0 Å². The van der Waals surface area contributed by atoms with Crippen LogP contribution in [0.25, 0.3) is 0 Å². The molecule has 1 rings (SSSR count). The van der Waals surface area contributed by atoms with E-state index in [1.165, 1.54) is 0 Å². The molecular weight excluding hydrogens is 252 g/mol. The van der Waals surface area contributed by atoms with Crippen LogP contribution in [-0.2, 0) is 0 Å². The number of aliphatic hydroxyl groups is 2. The maximum Gasteiger partial charge on any atom is 0.125 e. The molecule has 0 heterocycles. The molecular formula is C14H21ClO3. The molecule has 0 aliphatic heterocycles. The number of rotatable bonds is 6. The van der Waals surface area contributed by atoms with Gasteiger partial charge in [-0.05, 0) is 38.0 Å². The zero-order valence-electron chi connectivity index (χ0n) is 11.1. The first-order valence-corrected chi connectivity index (χ1v) is 6.62. The van der Waals surface area contributed by atoms with Crippen molar-refractivity contribution in [3.05, 3.63) is 28.8 Å². The van der Waals surface area contributed by atoms with E-state index in [0.29, 0.717) is 29.2 Å². The van der Waals surface area contributed by atoms with Crippen LogP contribution < -0.4 is 4.74 Å². The molecule has 4 heteroatoms. The maximum atomic E-state index is 10.2. The smallest absolute Gasteiger partial charge is 0.125 e. The van der Waals surface area contributed by atoms with Crippen molar-refractivity contribution in [2.24, 2.45) is 0 Å². The van der Waals surface area contributed by atoms with Gasteiger partial charge in [0, 0.05) is 10.6 Å². The van der Waals surface area contributed by atoms with Crippen molar-refractivity contribution in [3.63, 3.8) is 0 Å². The summed E-state index contributed by atoms with van der Waals surface area (Å²) in [6, 6.07) is 5.11. The summed E-state index contributed by atoms with van der Waals surface area (Å²) in [7, 11) is 0. The minimum absolute atomic E-state index is 0.210. The Morgan fingerprint density at radius 1 is 1.33 bits per heavy atom. The Hall–Kier alpha value is -0.770. The zero-order valence-corrected chi connectivity index (χ0v) is 11.9. The summed E-state index contributed by atoms with van der Waals surface area (Å²) in [5.74, 6) is 0.565. The van der Waals surface area contributed by atoms with Gasteiger partial charge in [0.1, 0.15) is 12.4 Å². The monoisotopic (exact) mass is 272 g/mol. The fourth-order valence-electron chi connectivity index (χ4n) is 1.64. The van der Waals surface area contributed by atoms with Gasteiger partial charge in [0.25, 0.3) is 0 Å². The number of aliphatic hydroxyl groups excluding tert-OH is 1. The Balaban J connectivity index is 2.85. The first-order chi connectivity index (χ1) is 8.41. The lowest BCUT2D eigenvalue weighted by Crippen LogP contribution is -2.34. The van der Waals surface area contributed by atoms with Crippen LogP contribution in [0.5, 0.6) is 5.75 Å². The van der Waals surface area contributed by atoms with Crippen molar-refractivity contribution in [2.75, 3.05) is 6.61 Å². The quantitative estimate of drug-likeness (QED) is 0.835. The second-order valence-electron chi connectivity index (χ2n) is 4.58. The average molecular weight is 273 g/mol.